The minimum absolute atomic E-state index is 0.153. The third kappa shape index (κ3) is 5.64. The van der Waals surface area contributed by atoms with E-state index < -0.39 is 0 Å². The van der Waals surface area contributed by atoms with Gasteiger partial charge in [-0.25, -0.2) is 5.84 Å². The van der Waals surface area contributed by atoms with Gasteiger partial charge in [0.25, 0.3) is 5.91 Å². The second-order valence-electron chi connectivity index (χ2n) is 8.75. The summed E-state index contributed by atoms with van der Waals surface area (Å²) in [5.41, 5.74) is 5.90. The summed E-state index contributed by atoms with van der Waals surface area (Å²) in [5, 5.41) is 1.75. The van der Waals surface area contributed by atoms with E-state index in [-0.39, 0.29) is 31.0 Å². The van der Waals surface area contributed by atoms with Crippen LogP contribution in [0.25, 0.3) is 21.8 Å². The number of aryl methyl sites for hydroxylation is 2. The number of nitrogens with two attached hydrogens (primary N) is 1. The number of hydrazine groups is 1. The van der Waals surface area contributed by atoms with Crippen molar-refractivity contribution in [2.24, 2.45) is 12.9 Å². The monoisotopic (exact) mass is 454 g/mol. The van der Waals surface area contributed by atoms with Crippen LogP contribution in [0, 0.1) is 0 Å². The zero-order valence-electron chi connectivity index (χ0n) is 20.1. The number of carbonyl (C=O) groups is 2. The molecule has 0 saturated carbocycles. The predicted molar refractivity (Wildman–Crippen MR) is 130 cm³/mol. The number of nitrogens with one attached hydrogen (secondary N) is 1. The fourth-order valence-electron chi connectivity index (χ4n) is 4.18. The van der Waals surface area contributed by atoms with Gasteiger partial charge < -0.3 is 18.9 Å². The van der Waals surface area contributed by atoms with Crippen molar-refractivity contribution < 1.29 is 19.1 Å². The van der Waals surface area contributed by atoms with Gasteiger partial charge in [0, 0.05) is 23.3 Å². The molecule has 2 aromatic carbocycles. The summed E-state index contributed by atoms with van der Waals surface area (Å²) in [5.74, 6) is 5.48. The highest BCUT2D eigenvalue weighted by molar-refractivity contribution is 6.18. The molecule has 0 aliphatic carbocycles. The Hall–Kier alpha value is -3.10. The molecule has 0 fully saturated rings. The highest BCUT2D eigenvalue weighted by atomic mass is 16.5. The summed E-state index contributed by atoms with van der Waals surface area (Å²) in [6, 6.07) is 9.59. The van der Waals surface area contributed by atoms with Crippen molar-refractivity contribution in [2.75, 3.05) is 27.2 Å². The lowest BCUT2D eigenvalue weighted by Gasteiger charge is -2.13. The van der Waals surface area contributed by atoms with Gasteiger partial charge in [-0.2, -0.15) is 0 Å². The summed E-state index contributed by atoms with van der Waals surface area (Å²) >= 11 is 0. The van der Waals surface area contributed by atoms with E-state index in [1.807, 2.05) is 45.2 Å². The maximum absolute atomic E-state index is 12.5. The second kappa shape index (κ2) is 10.7. The second-order valence-corrected chi connectivity index (χ2v) is 8.75. The Labute approximate surface area is 194 Å². The van der Waals surface area contributed by atoms with Gasteiger partial charge >= 0.3 is 5.97 Å². The van der Waals surface area contributed by atoms with Gasteiger partial charge in [-0.1, -0.05) is 6.07 Å². The van der Waals surface area contributed by atoms with Gasteiger partial charge in [-0.05, 0) is 77.2 Å². The lowest BCUT2D eigenvalue weighted by atomic mass is 10.0. The molecule has 0 radical (unpaired) electrons. The summed E-state index contributed by atoms with van der Waals surface area (Å²) in [4.78, 5) is 26.5. The fraction of sp³-hybridized carbons (Fsp3) is 0.440. The van der Waals surface area contributed by atoms with Crippen molar-refractivity contribution in [1.82, 2.24) is 14.9 Å². The number of esters is 1. The Morgan fingerprint density at radius 3 is 2.64 bits per heavy atom. The number of amides is 1. The van der Waals surface area contributed by atoms with E-state index in [2.05, 4.69) is 29.0 Å². The first-order chi connectivity index (χ1) is 15.7. The van der Waals surface area contributed by atoms with Crippen LogP contribution in [0.1, 0.15) is 42.6 Å². The number of carbonyl (C=O) groups excluding carboxylic acids is 2. The zero-order valence-corrected chi connectivity index (χ0v) is 20.1. The summed E-state index contributed by atoms with van der Waals surface area (Å²) in [6.07, 6.45) is 1.84. The quantitative estimate of drug-likeness (QED) is 0.211. The molecule has 1 aromatic heterocycles. The van der Waals surface area contributed by atoms with Crippen LogP contribution in [-0.4, -0.2) is 54.7 Å². The minimum Gasteiger partial charge on any atom is -0.493 e. The highest BCUT2D eigenvalue weighted by Crippen LogP contribution is 2.36. The fourth-order valence-corrected chi connectivity index (χ4v) is 4.18. The van der Waals surface area contributed by atoms with E-state index in [1.54, 1.807) is 6.07 Å². The van der Waals surface area contributed by atoms with E-state index >= 15 is 0 Å². The zero-order chi connectivity index (χ0) is 24.1. The van der Waals surface area contributed by atoms with Gasteiger partial charge in [0.05, 0.1) is 30.2 Å². The van der Waals surface area contributed by atoms with Crippen LogP contribution in [0.5, 0.6) is 5.75 Å². The number of nitrogens with zero attached hydrogens (tertiary/aromatic N) is 2. The normalized spacial score (nSPS) is 11.5. The average molecular weight is 455 g/mol. The van der Waals surface area contributed by atoms with Crippen molar-refractivity contribution in [1.29, 1.82) is 0 Å². The molecule has 3 rings (SSSR count). The SMILES string of the molecule is CC(C)OC(=O)CCOc1cc(CCCN(C)C)c2c(c1)c1c(C(=O)NN)cccc1n2C. The Morgan fingerprint density at radius 2 is 1.97 bits per heavy atom. The maximum Gasteiger partial charge on any atom is 0.309 e. The molecule has 3 N–H and O–H groups in total. The van der Waals surface area contributed by atoms with E-state index in [4.69, 9.17) is 15.3 Å². The molecule has 0 saturated heterocycles. The molecule has 1 heterocycles. The molecule has 178 valence electrons. The molecule has 1 amide bonds. The number of hydrogen-bond donors (Lipinski definition) is 2. The van der Waals surface area contributed by atoms with Crippen molar-refractivity contribution in [3.8, 4) is 5.75 Å². The van der Waals surface area contributed by atoms with E-state index in [1.165, 1.54) is 0 Å². The number of rotatable bonds is 10. The third-order valence-corrected chi connectivity index (χ3v) is 5.54. The van der Waals surface area contributed by atoms with Crippen molar-refractivity contribution in [3.05, 3.63) is 41.5 Å². The number of ether oxygens (including phenoxy) is 2. The molecule has 0 aliphatic heterocycles. The van der Waals surface area contributed by atoms with Crippen molar-refractivity contribution >= 4 is 33.7 Å². The van der Waals surface area contributed by atoms with Crippen LogP contribution in [0.4, 0.5) is 0 Å². The first kappa shape index (κ1) is 24.5. The van der Waals surface area contributed by atoms with Crippen LogP contribution in [0.2, 0.25) is 0 Å². The molecule has 8 heteroatoms. The van der Waals surface area contributed by atoms with E-state index in [0.717, 1.165) is 46.8 Å². The maximum atomic E-state index is 12.5. The van der Waals surface area contributed by atoms with Gasteiger partial charge in [0.2, 0.25) is 0 Å². The Morgan fingerprint density at radius 1 is 1.21 bits per heavy atom. The topological polar surface area (TPSA) is 98.8 Å². The first-order valence-electron chi connectivity index (χ1n) is 11.2. The summed E-state index contributed by atoms with van der Waals surface area (Å²) < 4.78 is 13.3. The van der Waals surface area contributed by atoms with Gasteiger partial charge in [0.15, 0.2) is 0 Å². The van der Waals surface area contributed by atoms with E-state index in [9.17, 15) is 9.59 Å². The summed E-state index contributed by atoms with van der Waals surface area (Å²) in [6.45, 7) is 4.82. The molecule has 8 nitrogen and oxygen atoms in total. The van der Waals surface area contributed by atoms with E-state index in [0.29, 0.717) is 11.3 Å². The first-order valence-corrected chi connectivity index (χ1v) is 11.2. The molecule has 0 atom stereocenters. The van der Waals surface area contributed by atoms with Crippen LogP contribution >= 0.6 is 0 Å². The number of fused-ring (bicyclic) bond motifs is 3. The summed E-state index contributed by atoms with van der Waals surface area (Å²) in [7, 11) is 6.12. The Bertz CT molecular complexity index is 1150. The van der Waals surface area contributed by atoms with Crippen LogP contribution in [0.15, 0.2) is 30.3 Å². The average Bonchev–Trinajstić information content (AvgIpc) is 3.05. The molecule has 0 spiro atoms. The predicted octanol–water partition coefficient (Wildman–Crippen LogP) is 3.15. The number of benzene rings is 2. The lowest BCUT2D eigenvalue weighted by Crippen LogP contribution is -2.30. The van der Waals surface area contributed by atoms with Crippen LogP contribution in [-0.2, 0) is 23.0 Å². The van der Waals surface area contributed by atoms with Gasteiger partial charge in [-0.3, -0.25) is 15.0 Å². The Kier molecular flexibility index (Phi) is 7.94. The van der Waals surface area contributed by atoms with Crippen molar-refractivity contribution in [2.45, 2.75) is 39.2 Å². The third-order valence-electron chi connectivity index (χ3n) is 5.54. The van der Waals surface area contributed by atoms with Crippen molar-refractivity contribution in [3.63, 3.8) is 0 Å². The number of aromatic nitrogens is 1. The highest BCUT2D eigenvalue weighted by Gasteiger charge is 2.19. The molecule has 0 bridgehead atoms. The van der Waals surface area contributed by atoms with Gasteiger partial charge in [0.1, 0.15) is 5.75 Å². The standard InChI is InChI=1S/C25H34N4O4/c1-16(2)33-22(30)11-13-32-18-14-17(8-7-12-28(3)4)24-20(15-18)23-19(25(31)27-26)9-6-10-21(23)29(24)5/h6,9-10,14-16H,7-8,11-13,26H2,1-5H3,(H,27,31). The lowest BCUT2D eigenvalue weighted by molar-refractivity contribution is -0.147. The molecule has 0 aliphatic rings. The molecular formula is C25H34N4O4. The van der Waals surface area contributed by atoms with Crippen LogP contribution < -0.4 is 16.0 Å². The number of nitrogen functional groups attached to an aromatic ring is 1. The Balaban J connectivity index is 2.05. The molecule has 33 heavy (non-hydrogen) atoms. The van der Waals surface area contributed by atoms with Crippen LogP contribution in [0.3, 0.4) is 0 Å². The largest absolute Gasteiger partial charge is 0.493 e. The van der Waals surface area contributed by atoms with Gasteiger partial charge in [-0.15, -0.1) is 0 Å². The minimum atomic E-state index is -0.343. The number of hydrogen-bond acceptors (Lipinski definition) is 6. The smallest absolute Gasteiger partial charge is 0.309 e. The molecule has 3 aromatic rings. The molecule has 0 unspecified atom stereocenters. The molecular weight excluding hydrogens is 420 g/mol.